The molecule has 0 unspecified atom stereocenters. The van der Waals surface area contributed by atoms with Gasteiger partial charge in [0, 0.05) is 17.7 Å². The molecule has 3 aromatic rings. The van der Waals surface area contributed by atoms with E-state index in [0.717, 1.165) is 27.9 Å². The summed E-state index contributed by atoms with van der Waals surface area (Å²) in [6.07, 6.45) is 0. The number of hydrogen-bond acceptors (Lipinski definition) is 3. The fourth-order valence-corrected chi connectivity index (χ4v) is 3.36. The number of aromatic nitrogens is 2. The lowest BCUT2D eigenvalue weighted by molar-refractivity contribution is -0.139. The van der Waals surface area contributed by atoms with Gasteiger partial charge in [-0.1, -0.05) is 19.9 Å². The first-order valence-corrected chi connectivity index (χ1v) is 9.54. The van der Waals surface area contributed by atoms with Gasteiger partial charge in [0.2, 0.25) is 0 Å². The largest absolute Gasteiger partial charge is 0.481 e. The molecular formula is C23H25FN2O3. The van der Waals surface area contributed by atoms with E-state index in [-0.39, 0.29) is 5.82 Å². The number of benzene rings is 2. The van der Waals surface area contributed by atoms with Gasteiger partial charge in [0.15, 0.2) is 6.61 Å². The summed E-state index contributed by atoms with van der Waals surface area (Å²) in [6, 6.07) is 12.2. The van der Waals surface area contributed by atoms with Gasteiger partial charge in [-0.3, -0.25) is 4.68 Å². The van der Waals surface area contributed by atoms with Crippen LogP contribution in [0.4, 0.5) is 4.39 Å². The van der Waals surface area contributed by atoms with Crippen molar-refractivity contribution in [2.75, 3.05) is 6.61 Å². The van der Waals surface area contributed by atoms with Crippen LogP contribution in [0.3, 0.4) is 0 Å². The van der Waals surface area contributed by atoms with Crippen molar-refractivity contribution in [2.24, 2.45) is 5.92 Å². The van der Waals surface area contributed by atoms with Crippen LogP contribution in [0.25, 0.3) is 22.5 Å². The standard InChI is InChI=1S/C23H25FN2O3/c1-14(2)12-26-21(17-5-7-18(24)8-6-17)11-20(25-26)19-10-15(3)9-16(4)23(19)29-13-22(27)28/h5-11,14H,12-13H2,1-4H3,(H,27,28). The predicted octanol–water partition coefficient (Wildman–Crippen LogP) is 5.09. The van der Waals surface area contributed by atoms with E-state index in [1.54, 1.807) is 12.1 Å². The normalized spacial score (nSPS) is 11.1. The van der Waals surface area contributed by atoms with E-state index in [2.05, 4.69) is 13.8 Å². The van der Waals surface area contributed by atoms with Crippen molar-refractivity contribution in [1.29, 1.82) is 0 Å². The molecule has 1 N–H and O–H groups in total. The van der Waals surface area contributed by atoms with Crippen molar-refractivity contribution in [3.63, 3.8) is 0 Å². The van der Waals surface area contributed by atoms with E-state index < -0.39 is 12.6 Å². The molecule has 0 spiro atoms. The lowest BCUT2D eigenvalue weighted by Gasteiger charge is -2.13. The molecule has 152 valence electrons. The number of halogens is 1. The Balaban J connectivity index is 2.13. The molecular weight excluding hydrogens is 371 g/mol. The number of carboxylic acid groups (broad SMARTS) is 1. The fourth-order valence-electron chi connectivity index (χ4n) is 3.36. The average Bonchev–Trinajstić information content (AvgIpc) is 3.03. The van der Waals surface area contributed by atoms with E-state index in [0.29, 0.717) is 23.9 Å². The Hall–Kier alpha value is -3.15. The van der Waals surface area contributed by atoms with Crippen molar-refractivity contribution < 1.29 is 19.0 Å². The molecule has 0 saturated heterocycles. The SMILES string of the molecule is Cc1cc(C)c(OCC(=O)O)c(-c2cc(-c3ccc(F)cc3)n(CC(C)C)n2)c1. The molecule has 3 rings (SSSR count). The summed E-state index contributed by atoms with van der Waals surface area (Å²) >= 11 is 0. The Morgan fingerprint density at radius 2 is 1.86 bits per heavy atom. The Kier molecular flexibility index (Phi) is 6.01. The number of rotatable bonds is 7. The maximum atomic E-state index is 13.4. The minimum absolute atomic E-state index is 0.289. The molecule has 0 aliphatic rings. The maximum absolute atomic E-state index is 13.4. The maximum Gasteiger partial charge on any atom is 0.341 e. The van der Waals surface area contributed by atoms with Gasteiger partial charge in [0.25, 0.3) is 0 Å². The molecule has 0 saturated carbocycles. The van der Waals surface area contributed by atoms with Gasteiger partial charge in [0.05, 0.1) is 11.4 Å². The van der Waals surface area contributed by atoms with Gasteiger partial charge >= 0.3 is 5.97 Å². The zero-order valence-corrected chi connectivity index (χ0v) is 17.1. The van der Waals surface area contributed by atoms with Crippen molar-refractivity contribution in [3.8, 4) is 28.3 Å². The van der Waals surface area contributed by atoms with Gasteiger partial charge < -0.3 is 9.84 Å². The number of carbonyl (C=O) groups is 1. The number of aryl methyl sites for hydroxylation is 2. The van der Waals surface area contributed by atoms with E-state index in [1.807, 2.05) is 36.7 Å². The first-order valence-electron chi connectivity index (χ1n) is 9.54. The van der Waals surface area contributed by atoms with Crippen LogP contribution in [0.15, 0.2) is 42.5 Å². The number of nitrogens with zero attached hydrogens (tertiary/aromatic N) is 2. The molecule has 0 radical (unpaired) electrons. The highest BCUT2D eigenvalue weighted by Crippen LogP contribution is 2.36. The van der Waals surface area contributed by atoms with Crippen LogP contribution in [-0.2, 0) is 11.3 Å². The summed E-state index contributed by atoms with van der Waals surface area (Å²) in [5.41, 5.74) is 5.05. The summed E-state index contributed by atoms with van der Waals surface area (Å²) in [6.45, 7) is 8.35. The lowest BCUT2D eigenvalue weighted by atomic mass is 10.0. The number of hydrogen-bond donors (Lipinski definition) is 1. The predicted molar refractivity (Wildman–Crippen MR) is 110 cm³/mol. The van der Waals surface area contributed by atoms with Gasteiger partial charge in [0.1, 0.15) is 11.6 Å². The minimum Gasteiger partial charge on any atom is -0.481 e. The molecule has 6 heteroatoms. The summed E-state index contributed by atoms with van der Waals surface area (Å²) in [7, 11) is 0. The summed E-state index contributed by atoms with van der Waals surface area (Å²) in [4.78, 5) is 11.0. The van der Waals surface area contributed by atoms with Crippen molar-refractivity contribution in [2.45, 2.75) is 34.2 Å². The summed E-state index contributed by atoms with van der Waals surface area (Å²) < 4.78 is 20.9. The van der Waals surface area contributed by atoms with Crippen LogP contribution < -0.4 is 4.74 Å². The summed E-state index contributed by atoms with van der Waals surface area (Å²) in [5.74, 6) is -0.447. The second kappa shape index (κ2) is 8.47. The molecule has 5 nitrogen and oxygen atoms in total. The Labute approximate surface area is 169 Å². The molecule has 29 heavy (non-hydrogen) atoms. The van der Waals surface area contributed by atoms with Crippen LogP contribution in [0.1, 0.15) is 25.0 Å². The molecule has 0 amide bonds. The molecule has 0 bridgehead atoms. The third kappa shape index (κ3) is 4.83. The van der Waals surface area contributed by atoms with Gasteiger partial charge in [-0.15, -0.1) is 0 Å². The molecule has 0 aliphatic heterocycles. The van der Waals surface area contributed by atoms with Crippen LogP contribution >= 0.6 is 0 Å². The quantitative estimate of drug-likeness (QED) is 0.604. The van der Waals surface area contributed by atoms with Crippen molar-refractivity contribution >= 4 is 5.97 Å². The Bertz CT molecular complexity index is 1020. The first-order chi connectivity index (χ1) is 13.7. The average molecular weight is 396 g/mol. The van der Waals surface area contributed by atoms with Crippen molar-refractivity contribution in [1.82, 2.24) is 9.78 Å². The smallest absolute Gasteiger partial charge is 0.341 e. The lowest BCUT2D eigenvalue weighted by Crippen LogP contribution is -2.11. The van der Waals surface area contributed by atoms with Gasteiger partial charge in [-0.2, -0.15) is 5.10 Å². The van der Waals surface area contributed by atoms with Crippen LogP contribution in [0.5, 0.6) is 5.75 Å². The van der Waals surface area contributed by atoms with E-state index in [1.165, 1.54) is 12.1 Å². The van der Waals surface area contributed by atoms with E-state index in [4.69, 9.17) is 14.9 Å². The topological polar surface area (TPSA) is 64.3 Å². The number of ether oxygens (including phenoxy) is 1. The Morgan fingerprint density at radius 1 is 1.17 bits per heavy atom. The van der Waals surface area contributed by atoms with Crippen LogP contribution in [0, 0.1) is 25.6 Å². The highest BCUT2D eigenvalue weighted by atomic mass is 19.1. The van der Waals surface area contributed by atoms with Gasteiger partial charge in [-0.25, -0.2) is 9.18 Å². The van der Waals surface area contributed by atoms with Crippen LogP contribution in [-0.4, -0.2) is 27.5 Å². The zero-order chi connectivity index (χ0) is 21.1. The zero-order valence-electron chi connectivity index (χ0n) is 17.1. The molecule has 0 atom stereocenters. The van der Waals surface area contributed by atoms with E-state index in [9.17, 15) is 9.18 Å². The second-order valence-corrected chi connectivity index (χ2v) is 7.64. The highest BCUT2D eigenvalue weighted by molar-refractivity contribution is 5.75. The Morgan fingerprint density at radius 3 is 2.48 bits per heavy atom. The molecule has 1 aromatic heterocycles. The molecule has 0 fully saturated rings. The summed E-state index contributed by atoms with van der Waals surface area (Å²) in [5, 5.41) is 13.8. The molecule has 0 aliphatic carbocycles. The third-order valence-electron chi connectivity index (χ3n) is 4.49. The molecule has 1 heterocycles. The minimum atomic E-state index is -1.03. The number of aliphatic carboxylic acids is 1. The van der Waals surface area contributed by atoms with Crippen molar-refractivity contribution in [3.05, 3.63) is 59.4 Å². The third-order valence-corrected chi connectivity index (χ3v) is 4.49. The monoisotopic (exact) mass is 396 g/mol. The fraction of sp³-hybridized carbons (Fsp3) is 0.304. The van der Waals surface area contributed by atoms with E-state index >= 15 is 0 Å². The van der Waals surface area contributed by atoms with Gasteiger partial charge in [-0.05, 0) is 67.3 Å². The number of carboxylic acids is 1. The second-order valence-electron chi connectivity index (χ2n) is 7.64. The molecule has 2 aromatic carbocycles. The highest BCUT2D eigenvalue weighted by Gasteiger charge is 2.18. The first kappa shape index (κ1) is 20.6. The van der Waals surface area contributed by atoms with Crippen LogP contribution in [0.2, 0.25) is 0 Å².